The van der Waals surface area contributed by atoms with E-state index in [1.165, 1.54) is 16.2 Å². The highest BCUT2D eigenvalue weighted by atomic mass is 32.1. The van der Waals surface area contributed by atoms with Gasteiger partial charge in [-0.15, -0.1) is 10.2 Å². The number of nitrogens with zero attached hydrogens (tertiary/aromatic N) is 3. The SMILES string of the molecule is CCCCc1nnc(NC(=O)CCN2C(=O)[C@H]3CC=CC[C@@H]3C2=O)s1. The lowest BCUT2D eigenvalue weighted by molar-refractivity contribution is -0.140. The smallest absolute Gasteiger partial charge is 0.233 e. The lowest BCUT2D eigenvalue weighted by Crippen LogP contribution is -2.34. The average Bonchev–Trinajstić information content (AvgIpc) is 3.15. The summed E-state index contributed by atoms with van der Waals surface area (Å²) in [6.07, 6.45) is 8.19. The number of rotatable bonds is 7. The van der Waals surface area contributed by atoms with Crippen LogP contribution in [0.1, 0.15) is 44.0 Å². The topological polar surface area (TPSA) is 92.3 Å². The predicted octanol–water partition coefficient (Wildman–Crippen LogP) is 2.16. The van der Waals surface area contributed by atoms with Crippen LogP contribution in [0.2, 0.25) is 0 Å². The Kier molecular flexibility index (Phi) is 5.57. The number of carbonyl (C=O) groups excluding carboxylic acids is 3. The van der Waals surface area contributed by atoms with E-state index in [1.54, 1.807) is 0 Å². The second kappa shape index (κ2) is 7.86. The van der Waals surface area contributed by atoms with Gasteiger partial charge in [-0.3, -0.25) is 19.3 Å². The second-order valence-electron chi connectivity index (χ2n) is 6.39. The molecule has 0 unspecified atom stereocenters. The van der Waals surface area contributed by atoms with Gasteiger partial charge in [-0.1, -0.05) is 36.8 Å². The third-order valence-electron chi connectivity index (χ3n) is 4.62. The Morgan fingerprint density at radius 3 is 2.56 bits per heavy atom. The first-order valence-corrected chi connectivity index (χ1v) is 9.54. The number of hydrogen-bond donors (Lipinski definition) is 1. The molecule has 3 amide bonds. The van der Waals surface area contributed by atoms with Gasteiger partial charge in [-0.25, -0.2) is 0 Å². The molecule has 0 saturated carbocycles. The van der Waals surface area contributed by atoms with Crippen LogP contribution < -0.4 is 5.32 Å². The van der Waals surface area contributed by atoms with E-state index in [2.05, 4.69) is 22.4 Å². The Morgan fingerprint density at radius 1 is 1.24 bits per heavy atom. The molecule has 0 bridgehead atoms. The number of amides is 3. The molecule has 134 valence electrons. The molecule has 8 heteroatoms. The van der Waals surface area contributed by atoms with E-state index in [9.17, 15) is 14.4 Å². The van der Waals surface area contributed by atoms with Crippen LogP contribution in [-0.2, 0) is 20.8 Å². The fourth-order valence-corrected chi connectivity index (χ4v) is 4.02. The fourth-order valence-electron chi connectivity index (χ4n) is 3.22. The molecule has 0 aromatic carbocycles. The highest BCUT2D eigenvalue weighted by molar-refractivity contribution is 7.15. The van der Waals surface area contributed by atoms with Crippen LogP contribution in [0.3, 0.4) is 0 Å². The molecule has 1 saturated heterocycles. The van der Waals surface area contributed by atoms with Crippen molar-refractivity contribution in [3.05, 3.63) is 17.2 Å². The zero-order chi connectivity index (χ0) is 17.8. The second-order valence-corrected chi connectivity index (χ2v) is 7.45. The van der Waals surface area contributed by atoms with E-state index in [4.69, 9.17) is 0 Å². The van der Waals surface area contributed by atoms with Gasteiger partial charge in [0.05, 0.1) is 11.8 Å². The van der Waals surface area contributed by atoms with E-state index in [0.717, 1.165) is 24.3 Å². The van der Waals surface area contributed by atoms with E-state index in [0.29, 0.717) is 18.0 Å². The van der Waals surface area contributed by atoms with Crippen LogP contribution in [0.5, 0.6) is 0 Å². The molecule has 0 spiro atoms. The van der Waals surface area contributed by atoms with Crippen LogP contribution >= 0.6 is 11.3 Å². The lowest BCUT2D eigenvalue weighted by atomic mass is 9.85. The highest BCUT2D eigenvalue weighted by Gasteiger charge is 2.46. The maximum atomic E-state index is 12.3. The molecular weight excluding hydrogens is 340 g/mol. The van der Waals surface area contributed by atoms with E-state index >= 15 is 0 Å². The van der Waals surface area contributed by atoms with Crippen LogP contribution in [0, 0.1) is 11.8 Å². The van der Waals surface area contributed by atoms with Gasteiger partial charge in [-0.2, -0.15) is 0 Å². The van der Waals surface area contributed by atoms with Crippen molar-refractivity contribution in [1.82, 2.24) is 15.1 Å². The Bertz CT molecular complexity index is 674. The van der Waals surface area contributed by atoms with Crippen LogP contribution in [0.25, 0.3) is 0 Å². The summed E-state index contributed by atoms with van der Waals surface area (Å²) in [5, 5.41) is 12.1. The zero-order valence-corrected chi connectivity index (χ0v) is 15.1. The normalized spacial score (nSPS) is 22.4. The minimum atomic E-state index is -0.258. The van der Waals surface area contributed by atoms with Crippen molar-refractivity contribution in [2.75, 3.05) is 11.9 Å². The van der Waals surface area contributed by atoms with Gasteiger partial charge in [0.15, 0.2) is 0 Å². The number of fused-ring (bicyclic) bond motifs is 1. The van der Waals surface area contributed by atoms with Crippen molar-refractivity contribution >= 4 is 34.2 Å². The molecule has 7 nitrogen and oxygen atoms in total. The average molecular weight is 362 g/mol. The summed E-state index contributed by atoms with van der Waals surface area (Å²) in [6.45, 7) is 2.23. The maximum absolute atomic E-state index is 12.3. The van der Waals surface area contributed by atoms with Crippen molar-refractivity contribution in [3.8, 4) is 0 Å². The number of carbonyl (C=O) groups is 3. The monoisotopic (exact) mass is 362 g/mol. The number of hydrogen-bond acceptors (Lipinski definition) is 6. The maximum Gasteiger partial charge on any atom is 0.233 e. The number of aryl methyl sites for hydroxylation is 1. The molecule has 1 aromatic rings. The zero-order valence-electron chi connectivity index (χ0n) is 14.2. The Morgan fingerprint density at radius 2 is 1.92 bits per heavy atom. The van der Waals surface area contributed by atoms with Crippen LogP contribution in [0.15, 0.2) is 12.2 Å². The minimum Gasteiger partial charge on any atom is -0.300 e. The lowest BCUT2D eigenvalue weighted by Gasteiger charge is -2.14. The molecule has 1 aliphatic heterocycles. The predicted molar refractivity (Wildman–Crippen MR) is 93.8 cm³/mol. The summed E-state index contributed by atoms with van der Waals surface area (Å²) in [6, 6.07) is 0. The Labute approximate surface area is 150 Å². The summed E-state index contributed by atoms with van der Waals surface area (Å²) in [5.41, 5.74) is 0. The van der Waals surface area contributed by atoms with E-state index < -0.39 is 0 Å². The van der Waals surface area contributed by atoms with Gasteiger partial charge in [0.1, 0.15) is 5.01 Å². The van der Waals surface area contributed by atoms with Gasteiger partial charge >= 0.3 is 0 Å². The number of aromatic nitrogens is 2. The van der Waals surface area contributed by atoms with Crippen molar-refractivity contribution in [1.29, 1.82) is 0 Å². The molecule has 2 aliphatic rings. The first kappa shape index (κ1) is 17.7. The highest BCUT2D eigenvalue weighted by Crippen LogP contribution is 2.35. The number of anilines is 1. The number of unbranched alkanes of at least 4 members (excludes halogenated alkanes) is 1. The van der Waals surface area contributed by atoms with E-state index in [1.807, 2.05) is 12.2 Å². The van der Waals surface area contributed by atoms with Crippen LogP contribution in [0.4, 0.5) is 5.13 Å². The molecule has 1 aromatic heterocycles. The number of imide groups is 1. The molecule has 1 aliphatic carbocycles. The van der Waals surface area contributed by atoms with Crippen molar-refractivity contribution < 1.29 is 14.4 Å². The fraction of sp³-hybridized carbons (Fsp3) is 0.588. The molecule has 1 N–H and O–H groups in total. The third kappa shape index (κ3) is 3.95. The summed E-state index contributed by atoms with van der Waals surface area (Å²) >= 11 is 1.37. The van der Waals surface area contributed by atoms with Crippen molar-refractivity contribution in [2.45, 2.75) is 45.4 Å². The van der Waals surface area contributed by atoms with Gasteiger partial charge in [0.2, 0.25) is 22.9 Å². The summed E-state index contributed by atoms with van der Waals surface area (Å²) in [5.74, 6) is -1.05. The van der Waals surface area contributed by atoms with Crippen molar-refractivity contribution in [3.63, 3.8) is 0 Å². The van der Waals surface area contributed by atoms with Crippen LogP contribution in [-0.4, -0.2) is 39.4 Å². The summed E-state index contributed by atoms with van der Waals surface area (Å²) < 4.78 is 0. The quantitative estimate of drug-likeness (QED) is 0.593. The summed E-state index contributed by atoms with van der Waals surface area (Å²) in [4.78, 5) is 38.0. The Hall–Kier alpha value is -2.09. The molecule has 25 heavy (non-hydrogen) atoms. The number of likely N-dealkylation sites (tertiary alicyclic amines) is 1. The van der Waals surface area contributed by atoms with Gasteiger partial charge in [0.25, 0.3) is 0 Å². The Balaban J connectivity index is 1.50. The van der Waals surface area contributed by atoms with Gasteiger partial charge in [0, 0.05) is 19.4 Å². The molecule has 1 fully saturated rings. The van der Waals surface area contributed by atoms with Gasteiger partial charge in [-0.05, 0) is 19.3 Å². The molecule has 0 radical (unpaired) electrons. The summed E-state index contributed by atoms with van der Waals surface area (Å²) in [7, 11) is 0. The molecule has 2 heterocycles. The first-order valence-electron chi connectivity index (χ1n) is 8.72. The minimum absolute atomic E-state index is 0.0776. The largest absolute Gasteiger partial charge is 0.300 e. The third-order valence-corrected chi connectivity index (χ3v) is 5.52. The molecule has 2 atom stereocenters. The number of nitrogens with one attached hydrogen (secondary N) is 1. The first-order chi connectivity index (χ1) is 12.1. The van der Waals surface area contributed by atoms with Gasteiger partial charge < -0.3 is 5.32 Å². The molecular formula is C17H22N4O3S. The molecule has 3 rings (SSSR count). The van der Waals surface area contributed by atoms with E-state index in [-0.39, 0.29) is 42.5 Å². The van der Waals surface area contributed by atoms with Crippen molar-refractivity contribution in [2.24, 2.45) is 11.8 Å². The number of allylic oxidation sites excluding steroid dienone is 2. The standard InChI is InChI=1S/C17H22N4O3S/c1-2-3-8-14-19-20-17(25-14)18-13(22)9-10-21-15(23)11-6-4-5-7-12(11)16(21)24/h4-5,11-12H,2-3,6-10H2,1H3,(H,18,20,22)/t11-,12-/m0/s1.